The fraction of sp³-hybridized carbons (Fsp3) is 0.600. The largest absolute Gasteiger partial charge is 0.353 e. The lowest BCUT2D eigenvalue weighted by atomic mass is 9.60. The minimum atomic E-state index is 0.569. The van der Waals surface area contributed by atoms with Crippen LogP contribution in [0.1, 0.15) is 62.2 Å². The van der Waals surface area contributed by atoms with Crippen LogP contribution in [0, 0.1) is 5.41 Å². The van der Waals surface area contributed by atoms with Crippen LogP contribution in [0.2, 0.25) is 0 Å². The van der Waals surface area contributed by atoms with Crippen LogP contribution in [-0.2, 0) is 13.6 Å². The van der Waals surface area contributed by atoms with Gasteiger partial charge in [-0.05, 0) is 43.4 Å². The van der Waals surface area contributed by atoms with Crippen LogP contribution < -0.4 is 0 Å². The third-order valence-corrected chi connectivity index (χ3v) is 7.84. The molecule has 2 saturated heterocycles. The van der Waals surface area contributed by atoms with Crippen molar-refractivity contribution in [1.29, 1.82) is 0 Å². The summed E-state index contributed by atoms with van der Waals surface area (Å²) in [7, 11) is 2.16. The molecule has 3 heterocycles. The van der Waals surface area contributed by atoms with Gasteiger partial charge in [-0.15, -0.1) is 0 Å². The third-order valence-electron chi connectivity index (χ3n) is 7.84. The van der Waals surface area contributed by atoms with Gasteiger partial charge in [0.25, 0.3) is 0 Å². The number of benzene rings is 1. The Balaban J connectivity index is 1.26. The number of hydrogen-bond acceptors (Lipinski definition) is 2. The van der Waals surface area contributed by atoms with Gasteiger partial charge in [0.1, 0.15) is 0 Å². The van der Waals surface area contributed by atoms with E-state index < -0.39 is 0 Å². The predicted octanol–water partition coefficient (Wildman–Crippen LogP) is 5.00. The first-order valence-electron chi connectivity index (χ1n) is 11.4. The molecule has 1 aliphatic carbocycles. The van der Waals surface area contributed by atoms with E-state index in [0.29, 0.717) is 11.5 Å². The number of aryl methyl sites for hydroxylation is 1. The van der Waals surface area contributed by atoms with Crippen LogP contribution in [0.25, 0.3) is 0 Å². The van der Waals surface area contributed by atoms with E-state index >= 15 is 0 Å². The SMILES string of the molecule is Cn1cccc1CN1CCC(N2CC3(CCCCC3)C2c2ccccc2)CC1. The highest BCUT2D eigenvalue weighted by Gasteiger charge is 2.54. The molecule has 0 N–H and O–H groups in total. The standard InChI is InChI=1S/C25H35N3/c1-26-16-8-11-23(26)19-27-17-12-22(13-18-27)28-20-25(14-6-3-7-15-25)24(28)21-9-4-2-5-10-21/h2,4-5,8-11,16,22,24H,3,6-7,12-15,17-20H2,1H3. The van der Waals surface area contributed by atoms with Gasteiger partial charge in [-0.25, -0.2) is 0 Å². The summed E-state index contributed by atoms with van der Waals surface area (Å²) in [5.74, 6) is 0. The van der Waals surface area contributed by atoms with E-state index in [2.05, 4.69) is 70.1 Å². The zero-order chi connectivity index (χ0) is 19.0. The first kappa shape index (κ1) is 18.4. The quantitative estimate of drug-likeness (QED) is 0.743. The Bertz CT molecular complexity index is 766. The summed E-state index contributed by atoms with van der Waals surface area (Å²) in [6, 6.07) is 17.3. The van der Waals surface area contributed by atoms with Crippen molar-refractivity contribution < 1.29 is 0 Å². The Hall–Kier alpha value is -1.58. The van der Waals surface area contributed by atoms with Crippen LogP contribution in [0.3, 0.4) is 0 Å². The van der Waals surface area contributed by atoms with E-state index in [1.807, 2.05) is 0 Å². The summed E-state index contributed by atoms with van der Waals surface area (Å²) in [6.07, 6.45) is 12.0. The molecule has 1 unspecified atom stereocenters. The van der Waals surface area contributed by atoms with E-state index in [-0.39, 0.29) is 0 Å². The maximum atomic E-state index is 2.89. The lowest BCUT2D eigenvalue weighted by Crippen LogP contribution is -2.63. The highest BCUT2D eigenvalue weighted by molar-refractivity contribution is 5.26. The second-order valence-electron chi connectivity index (χ2n) is 9.53. The maximum Gasteiger partial charge on any atom is 0.0419 e. The van der Waals surface area contributed by atoms with Gasteiger partial charge < -0.3 is 4.57 Å². The summed E-state index contributed by atoms with van der Waals surface area (Å²) in [4.78, 5) is 5.54. The van der Waals surface area contributed by atoms with Crippen molar-refractivity contribution in [3.05, 3.63) is 59.9 Å². The molecule has 1 saturated carbocycles. The summed E-state index contributed by atoms with van der Waals surface area (Å²) >= 11 is 0. The minimum Gasteiger partial charge on any atom is -0.353 e. The molecule has 2 aromatic rings. The second kappa shape index (κ2) is 7.68. The van der Waals surface area contributed by atoms with Gasteiger partial charge in [-0.2, -0.15) is 0 Å². The first-order valence-corrected chi connectivity index (χ1v) is 11.4. The maximum absolute atomic E-state index is 2.89. The van der Waals surface area contributed by atoms with Gasteiger partial charge in [-0.1, -0.05) is 49.6 Å². The lowest BCUT2D eigenvalue weighted by Gasteiger charge is -2.63. The molecule has 3 heteroatoms. The average molecular weight is 378 g/mol. The Kier molecular flexibility index (Phi) is 5.06. The average Bonchev–Trinajstić information content (AvgIpc) is 3.13. The van der Waals surface area contributed by atoms with Crippen LogP contribution in [0.4, 0.5) is 0 Å². The number of rotatable bonds is 4. The molecule has 0 bridgehead atoms. The van der Waals surface area contributed by atoms with Crippen molar-refractivity contribution in [1.82, 2.24) is 14.4 Å². The molecule has 1 spiro atoms. The van der Waals surface area contributed by atoms with E-state index in [4.69, 9.17) is 0 Å². The Labute approximate surface area is 170 Å². The van der Waals surface area contributed by atoms with Gasteiger partial charge in [0.15, 0.2) is 0 Å². The smallest absolute Gasteiger partial charge is 0.0419 e. The van der Waals surface area contributed by atoms with Crippen molar-refractivity contribution in [2.45, 2.75) is 63.6 Å². The number of hydrogen-bond donors (Lipinski definition) is 0. The van der Waals surface area contributed by atoms with Gasteiger partial charge in [0.2, 0.25) is 0 Å². The molecular formula is C25H35N3. The minimum absolute atomic E-state index is 0.569. The highest BCUT2D eigenvalue weighted by atomic mass is 15.3. The van der Waals surface area contributed by atoms with E-state index in [9.17, 15) is 0 Å². The zero-order valence-electron chi connectivity index (χ0n) is 17.4. The number of aromatic nitrogens is 1. The Morgan fingerprint density at radius 2 is 1.68 bits per heavy atom. The van der Waals surface area contributed by atoms with E-state index in [1.54, 1.807) is 5.56 Å². The molecular weight excluding hydrogens is 342 g/mol. The molecule has 28 heavy (non-hydrogen) atoms. The molecule has 1 aromatic carbocycles. The topological polar surface area (TPSA) is 11.4 Å². The van der Waals surface area contributed by atoms with E-state index in [1.165, 1.54) is 70.3 Å². The number of nitrogens with zero attached hydrogens (tertiary/aromatic N) is 3. The van der Waals surface area contributed by atoms with Gasteiger partial charge >= 0.3 is 0 Å². The first-order chi connectivity index (χ1) is 13.8. The Morgan fingerprint density at radius 1 is 0.929 bits per heavy atom. The highest BCUT2D eigenvalue weighted by Crippen LogP contribution is 2.58. The van der Waals surface area contributed by atoms with Crippen molar-refractivity contribution >= 4 is 0 Å². The second-order valence-corrected chi connectivity index (χ2v) is 9.53. The summed E-state index contributed by atoms with van der Waals surface area (Å²) in [6.45, 7) is 4.92. The Morgan fingerprint density at radius 3 is 2.36 bits per heavy atom. The van der Waals surface area contributed by atoms with Crippen molar-refractivity contribution in [2.75, 3.05) is 19.6 Å². The number of likely N-dealkylation sites (tertiary alicyclic amines) is 2. The predicted molar refractivity (Wildman–Crippen MR) is 115 cm³/mol. The van der Waals surface area contributed by atoms with Gasteiger partial charge in [-0.3, -0.25) is 9.80 Å². The molecule has 0 amide bonds. The van der Waals surface area contributed by atoms with Crippen molar-refractivity contribution in [3.8, 4) is 0 Å². The molecule has 5 rings (SSSR count). The number of piperidine rings is 1. The lowest BCUT2D eigenvalue weighted by molar-refractivity contribution is -0.133. The summed E-state index contributed by atoms with van der Waals surface area (Å²) in [5, 5.41) is 0. The third kappa shape index (κ3) is 3.33. The van der Waals surface area contributed by atoms with Crippen LogP contribution >= 0.6 is 0 Å². The fourth-order valence-electron chi connectivity index (χ4n) is 6.29. The van der Waals surface area contributed by atoms with E-state index in [0.717, 1.165) is 12.6 Å². The van der Waals surface area contributed by atoms with Crippen LogP contribution in [0.5, 0.6) is 0 Å². The zero-order valence-corrected chi connectivity index (χ0v) is 17.4. The van der Waals surface area contributed by atoms with Crippen LogP contribution in [-0.4, -0.2) is 40.0 Å². The molecule has 2 aliphatic heterocycles. The molecule has 150 valence electrons. The molecule has 1 aromatic heterocycles. The molecule has 3 fully saturated rings. The molecule has 3 aliphatic rings. The normalized spacial score (nSPS) is 26.4. The van der Waals surface area contributed by atoms with Crippen LogP contribution in [0.15, 0.2) is 48.7 Å². The summed E-state index contributed by atoms with van der Waals surface area (Å²) < 4.78 is 2.26. The molecule has 1 atom stereocenters. The van der Waals surface area contributed by atoms with Gasteiger partial charge in [0, 0.05) is 62.6 Å². The van der Waals surface area contributed by atoms with Crippen molar-refractivity contribution in [2.24, 2.45) is 12.5 Å². The monoisotopic (exact) mass is 377 g/mol. The molecule has 0 radical (unpaired) electrons. The molecule has 3 nitrogen and oxygen atoms in total. The van der Waals surface area contributed by atoms with Crippen molar-refractivity contribution in [3.63, 3.8) is 0 Å². The summed E-state index contributed by atoms with van der Waals surface area (Å²) in [5.41, 5.74) is 3.58. The fourth-order valence-corrected chi connectivity index (χ4v) is 6.29. The van der Waals surface area contributed by atoms with Gasteiger partial charge in [0.05, 0.1) is 0 Å².